The van der Waals surface area contributed by atoms with Crippen molar-refractivity contribution in [1.82, 2.24) is 18.8 Å². The molecule has 0 bridgehead atoms. The topological polar surface area (TPSA) is 120 Å². The number of nitrogens with one attached hydrogen (secondary N) is 1. The lowest BCUT2D eigenvalue weighted by Crippen LogP contribution is -2.48. The summed E-state index contributed by atoms with van der Waals surface area (Å²) >= 11 is 0. The second-order valence-corrected chi connectivity index (χ2v) is 22.9. The second-order valence-electron chi connectivity index (χ2n) is 15.3. The molecule has 1 N–H and O–H groups in total. The monoisotopic (exact) mass is 679 g/mol. The van der Waals surface area contributed by atoms with E-state index < -0.39 is 41.0 Å². The van der Waals surface area contributed by atoms with E-state index in [2.05, 4.69) is 30.4 Å². The number of carbonyl (C=O) groups excluding carboxylic acids is 1. The minimum Gasteiger partial charge on any atom is -0.496 e. The fraction of sp³-hybridized carbons (Fsp3) is 0.514. The highest BCUT2D eigenvalue weighted by atomic mass is 32.2. The average molecular weight is 680 g/mol. The molecule has 254 valence electrons. The van der Waals surface area contributed by atoms with Gasteiger partial charge in [-0.25, -0.2) is 18.7 Å². The maximum atomic E-state index is 14.1. The van der Waals surface area contributed by atoms with E-state index >= 15 is 0 Å². The van der Waals surface area contributed by atoms with E-state index in [1.165, 1.54) is 4.57 Å². The first-order valence-electron chi connectivity index (χ1n) is 15.8. The molecule has 4 aromatic rings. The second kappa shape index (κ2) is 13.2. The molecule has 0 saturated heterocycles. The van der Waals surface area contributed by atoms with E-state index in [9.17, 15) is 14.3 Å². The zero-order valence-electron chi connectivity index (χ0n) is 29.8. The Morgan fingerprint density at radius 3 is 2.34 bits per heavy atom. The lowest BCUT2D eigenvalue weighted by molar-refractivity contribution is 0.0544. The van der Waals surface area contributed by atoms with Gasteiger partial charge in [0.1, 0.15) is 29.4 Å². The standard InChI is InChI=1S/C35H49N5O5SSi/c1-23-19-28(43-9)29(25-15-16-39(30(23)25)32(41)45-33(2,3)4)35(8,38-46(42)34(5,6)7)31-37-26-20-24(21-36)13-14-27(26)40(31)22-44-17-18-47(10,11)12/h13-16,19-20,38H,17-18,22H2,1-12H3. The third-order valence-corrected chi connectivity index (χ3v) is 11.2. The summed E-state index contributed by atoms with van der Waals surface area (Å²) in [5, 5.41) is 10.4. The number of nitriles is 1. The number of hydrogen-bond acceptors (Lipinski definition) is 7. The Labute approximate surface area is 282 Å². The SMILES string of the molecule is COc1cc(C)c2c(ccn2C(=O)OC(C)(C)C)c1C(C)(NS(=O)C(C)(C)C)c1nc2cc(C#N)ccc2n1COCC[Si](C)(C)C. The molecule has 0 aliphatic carbocycles. The molecule has 2 unspecified atom stereocenters. The number of carbonyl (C=O) groups is 1. The summed E-state index contributed by atoms with van der Waals surface area (Å²) in [5.41, 5.74) is 2.02. The Hall–Kier alpha value is -3.50. The van der Waals surface area contributed by atoms with Crippen molar-refractivity contribution in [3.8, 4) is 11.8 Å². The van der Waals surface area contributed by atoms with Crippen LogP contribution in [0.5, 0.6) is 5.75 Å². The van der Waals surface area contributed by atoms with Crippen LogP contribution in [0.1, 0.15) is 71.0 Å². The predicted molar refractivity (Wildman–Crippen MR) is 191 cm³/mol. The van der Waals surface area contributed by atoms with Crippen molar-refractivity contribution in [3.05, 3.63) is 59.0 Å². The summed E-state index contributed by atoms with van der Waals surface area (Å²) in [6.07, 6.45) is 1.18. The Morgan fingerprint density at radius 1 is 1.09 bits per heavy atom. The molecule has 12 heteroatoms. The number of benzene rings is 2. The van der Waals surface area contributed by atoms with Gasteiger partial charge in [0.2, 0.25) is 0 Å². The number of nitrogens with zero attached hydrogens (tertiary/aromatic N) is 4. The van der Waals surface area contributed by atoms with E-state index in [0.29, 0.717) is 45.7 Å². The summed E-state index contributed by atoms with van der Waals surface area (Å²) in [6, 6.07) is 12.3. The lowest BCUT2D eigenvalue weighted by Gasteiger charge is -2.35. The summed E-state index contributed by atoms with van der Waals surface area (Å²) in [6.45, 7) is 22.7. The molecule has 0 fully saturated rings. The number of rotatable bonds is 10. The number of methoxy groups -OCH3 is 1. The number of aromatic nitrogens is 3. The van der Waals surface area contributed by atoms with Gasteiger partial charge in [0.25, 0.3) is 0 Å². The van der Waals surface area contributed by atoms with Gasteiger partial charge in [-0.2, -0.15) is 5.26 Å². The molecule has 0 spiro atoms. The number of fused-ring (bicyclic) bond motifs is 2. The van der Waals surface area contributed by atoms with Crippen LogP contribution < -0.4 is 9.46 Å². The Balaban J connectivity index is 2.06. The van der Waals surface area contributed by atoms with Crippen molar-refractivity contribution in [2.24, 2.45) is 0 Å². The Kier molecular flexibility index (Phi) is 10.2. The third-order valence-electron chi connectivity index (χ3n) is 7.83. The third kappa shape index (κ3) is 7.80. The van der Waals surface area contributed by atoms with Gasteiger partial charge in [-0.15, -0.1) is 0 Å². The molecule has 0 aliphatic rings. The van der Waals surface area contributed by atoms with E-state index in [0.717, 1.165) is 17.1 Å². The van der Waals surface area contributed by atoms with Gasteiger partial charge < -0.3 is 18.8 Å². The van der Waals surface area contributed by atoms with Crippen LogP contribution in [-0.2, 0) is 32.7 Å². The largest absolute Gasteiger partial charge is 0.496 e. The fourth-order valence-electron chi connectivity index (χ4n) is 5.44. The van der Waals surface area contributed by atoms with E-state index in [1.54, 1.807) is 25.4 Å². The maximum absolute atomic E-state index is 14.1. The summed E-state index contributed by atoms with van der Waals surface area (Å²) in [5.74, 6) is 1.07. The molecule has 0 saturated carbocycles. The first kappa shape index (κ1) is 36.3. The molecule has 2 atom stereocenters. The molecular weight excluding hydrogens is 631 g/mol. The molecule has 0 aliphatic heterocycles. The molecular formula is C35H49N5O5SSi. The lowest BCUT2D eigenvalue weighted by atomic mass is 9.87. The van der Waals surface area contributed by atoms with Crippen molar-refractivity contribution in [3.63, 3.8) is 0 Å². The van der Waals surface area contributed by atoms with E-state index in [-0.39, 0.29) is 6.73 Å². The van der Waals surface area contributed by atoms with Crippen LogP contribution in [0.3, 0.4) is 0 Å². The summed E-state index contributed by atoms with van der Waals surface area (Å²) < 4.78 is 38.4. The minimum absolute atomic E-state index is 0.192. The minimum atomic E-state index is -1.58. The fourth-order valence-corrected chi connectivity index (χ4v) is 7.07. The zero-order chi connectivity index (χ0) is 35.1. The number of hydrogen-bond donors (Lipinski definition) is 1. The maximum Gasteiger partial charge on any atom is 0.419 e. The molecule has 0 amide bonds. The smallest absolute Gasteiger partial charge is 0.419 e. The average Bonchev–Trinajstić information content (AvgIpc) is 3.55. The van der Waals surface area contributed by atoms with Gasteiger partial charge >= 0.3 is 6.09 Å². The van der Waals surface area contributed by atoms with Crippen molar-refractivity contribution in [2.75, 3.05) is 13.7 Å². The van der Waals surface area contributed by atoms with Crippen LogP contribution in [0.4, 0.5) is 4.79 Å². The first-order chi connectivity index (χ1) is 21.7. The molecule has 0 radical (unpaired) electrons. The number of ether oxygens (including phenoxy) is 3. The van der Waals surface area contributed by atoms with Crippen LogP contribution in [0, 0.1) is 18.3 Å². The highest BCUT2D eigenvalue weighted by Crippen LogP contribution is 2.44. The van der Waals surface area contributed by atoms with Crippen LogP contribution in [0.15, 0.2) is 36.5 Å². The number of imidazole rings is 1. The molecule has 2 aromatic carbocycles. The van der Waals surface area contributed by atoms with Crippen molar-refractivity contribution in [2.45, 2.75) is 104 Å². The summed E-state index contributed by atoms with van der Waals surface area (Å²) in [7, 11) is -1.34. The van der Waals surface area contributed by atoms with Crippen LogP contribution in [-0.4, -0.2) is 56.6 Å². The molecule has 4 rings (SSSR count). The highest BCUT2D eigenvalue weighted by Gasteiger charge is 2.42. The number of aryl methyl sites for hydroxylation is 1. The van der Waals surface area contributed by atoms with Crippen LogP contribution in [0.2, 0.25) is 25.7 Å². The van der Waals surface area contributed by atoms with Crippen molar-refractivity contribution >= 4 is 47.1 Å². The van der Waals surface area contributed by atoms with Crippen LogP contribution in [0.25, 0.3) is 21.9 Å². The van der Waals surface area contributed by atoms with Crippen LogP contribution >= 0.6 is 0 Å². The molecule has 2 aromatic heterocycles. The zero-order valence-corrected chi connectivity index (χ0v) is 31.6. The molecule has 10 nitrogen and oxygen atoms in total. The predicted octanol–water partition coefficient (Wildman–Crippen LogP) is 7.59. The van der Waals surface area contributed by atoms with Gasteiger partial charge in [0.05, 0.1) is 51.0 Å². The van der Waals surface area contributed by atoms with Gasteiger partial charge in [0, 0.05) is 31.8 Å². The first-order valence-corrected chi connectivity index (χ1v) is 20.7. The molecule has 47 heavy (non-hydrogen) atoms. The van der Waals surface area contributed by atoms with Crippen molar-refractivity contribution in [1.29, 1.82) is 5.26 Å². The van der Waals surface area contributed by atoms with Gasteiger partial charge in [0.15, 0.2) is 0 Å². The molecule has 2 heterocycles. The quantitative estimate of drug-likeness (QED) is 0.135. The van der Waals surface area contributed by atoms with Gasteiger partial charge in [-0.1, -0.05) is 19.6 Å². The van der Waals surface area contributed by atoms with Crippen molar-refractivity contribution < 1.29 is 23.2 Å². The van der Waals surface area contributed by atoms with Gasteiger partial charge in [-0.05, 0) is 97.3 Å². The summed E-state index contributed by atoms with van der Waals surface area (Å²) in [4.78, 5) is 18.5. The van der Waals surface area contributed by atoms with Gasteiger partial charge in [-0.3, -0.25) is 4.57 Å². The van der Waals surface area contributed by atoms with E-state index in [1.807, 2.05) is 78.2 Å². The normalized spacial score (nSPS) is 14.6. The van der Waals surface area contributed by atoms with E-state index in [4.69, 9.17) is 19.2 Å². The Bertz CT molecular complexity index is 1870. The highest BCUT2D eigenvalue weighted by molar-refractivity contribution is 7.84. The Morgan fingerprint density at radius 2 is 1.77 bits per heavy atom.